The van der Waals surface area contributed by atoms with Crippen LogP contribution < -0.4 is 5.32 Å². The molecule has 2 N–H and O–H groups in total. The summed E-state index contributed by atoms with van der Waals surface area (Å²) in [5.74, 6) is -0.897. The van der Waals surface area contributed by atoms with Crippen LogP contribution in [-0.4, -0.2) is 38.7 Å². The van der Waals surface area contributed by atoms with Gasteiger partial charge in [-0.25, -0.2) is 4.79 Å². The van der Waals surface area contributed by atoms with Crippen molar-refractivity contribution in [2.45, 2.75) is 51.1 Å². The van der Waals surface area contributed by atoms with E-state index in [1.807, 2.05) is 0 Å². The molecule has 1 fully saturated rings. The molecule has 2 heterocycles. The lowest BCUT2D eigenvalue weighted by Crippen LogP contribution is -2.47. The van der Waals surface area contributed by atoms with Crippen molar-refractivity contribution in [3.63, 3.8) is 0 Å². The molecule has 1 saturated carbocycles. The molecule has 5 nitrogen and oxygen atoms in total. The van der Waals surface area contributed by atoms with Crippen molar-refractivity contribution in [3.05, 3.63) is 29.1 Å². The fraction of sp³-hybridized carbons (Fsp3) is 0.562. The Hall–Kier alpha value is -1.69. The number of rotatable bonds is 2. The summed E-state index contributed by atoms with van der Waals surface area (Å²) in [4.78, 5) is 17.8. The Kier molecular flexibility index (Phi) is 4.57. The van der Waals surface area contributed by atoms with Crippen molar-refractivity contribution < 1.29 is 9.90 Å². The van der Waals surface area contributed by atoms with Gasteiger partial charge in [-0.15, -0.1) is 0 Å². The molecule has 3 rings (SSSR count). The number of aromatic nitrogens is 1. The van der Waals surface area contributed by atoms with Gasteiger partial charge in [-0.1, -0.05) is 19.3 Å². The van der Waals surface area contributed by atoms with Gasteiger partial charge in [-0.3, -0.25) is 4.98 Å². The van der Waals surface area contributed by atoms with E-state index in [4.69, 9.17) is 12.2 Å². The highest BCUT2D eigenvalue weighted by molar-refractivity contribution is 7.80. The molecule has 1 aliphatic carbocycles. The number of nitrogens with one attached hydrogen (secondary N) is 1. The molecule has 0 amide bonds. The molecule has 1 aromatic heterocycles. The molecule has 0 unspecified atom stereocenters. The molecular weight excluding hydrogens is 298 g/mol. The summed E-state index contributed by atoms with van der Waals surface area (Å²) in [6, 6.07) is 2.04. The van der Waals surface area contributed by atoms with Crippen LogP contribution in [0.5, 0.6) is 0 Å². The smallest absolute Gasteiger partial charge is 0.336 e. The number of carbonyl (C=O) groups is 1. The van der Waals surface area contributed by atoms with Gasteiger partial charge in [-0.2, -0.15) is 0 Å². The zero-order valence-electron chi connectivity index (χ0n) is 12.5. The second-order valence-corrected chi connectivity index (χ2v) is 6.43. The molecule has 1 aliphatic heterocycles. The Morgan fingerprint density at radius 1 is 1.36 bits per heavy atom. The number of hydrogen-bond acceptors (Lipinski definition) is 3. The Morgan fingerprint density at radius 2 is 2.14 bits per heavy atom. The first-order valence-electron chi connectivity index (χ1n) is 7.90. The molecule has 22 heavy (non-hydrogen) atoms. The predicted molar refractivity (Wildman–Crippen MR) is 87.9 cm³/mol. The Morgan fingerprint density at radius 3 is 2.86 bits per heavy atom. The zero-order valence-corrected chi connectivity index (χ0v) is 13.4. The lowest BCUT2D eigenvalue weighted by atomic mass is 9.95. The van der Waals surface area contributed by atoms with Gasteiger partial charge in [0.2, 0.25) is 0 Å². The molecular formula is C16H21N3O2S. The quantitative estimate of drug-likeness (QED) is 0.816. The average molecular weight is 319 g/mol. The first-order chi connectivity index (χ1) is 10.6. The van der Waals surface area contributed by atoms with Crippen LogP contribution in [0.25, 0.3) is 0 Å². The van der Waals surface area contributed by atoms with Gasteiger partial charge in [0.15, 0.2) is 5.11 Å². The average Bonchev–Trinajstić information content (AvgIpc) is 2.54. The number of fused-ring (bicyclic) bond motifs is 1. The number of pyridine rings is 1. The van der Waals surface area contributed by atoms with E-state index in [1.165, 1.54) is 32.1 Å². The van der Waals surface area contributed by atoms with Gasteiger partial charge in [0.05, 0.1) is 5.56 Å². The van der Waals surface area contributed by atoms with Crippen molar-refractivity contribution in [1.29, 1.82) is 0 Å². The summed E-state index contributed by atoms with van der Waals surface area (Å²) < 4.78 is 0. The minimum Gasteiger partial charge on any atom is -0.478 e. The fourth-order valence-electron chi connectivity index (χ4n) is 3.32. The van der Waals surface area contributed by atoms with E-state index in [-0.39, 0.29) is 0 Å². The molecule has 0 radical (unpaired) electrons. The maximum absolute atomic E-state index is 11.4. The summed E-state index contributed by atoms with van der Waals surface area (Å²) >= 11 is 5.54. The summed E-state index contributed by atoms with van der Waals surface area (Å²) in [5, 5.41) is 13.5. The number of thiocarbonyl (C=S) groups is 1. The van der Waals surface area contributed by atoms with Gasteiger partial charge in [-0.05, 0) is 31.1 Å². The van der Waals surface area contributed by atoms with E-state index in [9.17, 15) is 9.90 Å². The zero-order chi connectivity index (χ0) is 15.5. The van der Waals surface area contributed by atoms with Crippen LogP contribution in [0.2, 0.25) is 0 Å². The largest absolute Gasteiger partial charge is 0.478 e. The van der Waals surface area contributed by atoms with Crippen molar-refractivity contribution in [3.8, 4) is 0 Å². The SMILES string of the molecule is O=C(O)c1ccnc2c1CN(C(=S)NC1CCCCC1)CC2. The minimum absolute atomic E-state index is 0.343. The molecule has 0 spiro atoms. The first kappa shape index (κ1) is 15.2. The number of nitrogens with zero attached hydrogens (tertiary/aromatic N) is 2. The van der Waals surface area contributed by atoms with Gasteiger partial charge in [0.25, 0.3) is 0 Å². The molecule has 2 aliphatic rings. The van der Waals surface area contributed by atoms with Gasteiger partial charge in [0.1, 0.15) is 0 Å². The lowest BCUT2D eigenvalue weighted by Gasteiger charge is -2.34. The standard InChI is InChI=1S/C16H21N3O2S/c20-15(21)12-6-8-17-14-7-9-19(10-13(12)14)16(22)18-11-4-2-1-3-5-11/h6,8,11H,1-5,7,9-10H2,(H,18,22)(H,20,21). The predicted octanol–water partition coefficient (Wildman–Crippen LogP) is 2.35. The second kappa shape index (κ2) is 6.60. The van der Waals surface area contributed by atoms with Crippen molar-refractivity contribution >= 4 is 23.3 Å². The van der Waals surface area contributed by atoms with Crippen molar-refractivity contribution in [1.82, 2.24) is 15.2 Å². The van der Waals surface area contributed by atoms with E-state index in [2.05, 4.69) is 15.2 Å². The van der Waals surface area contributed by atoms with Crippen LogP contribution in [-0.2, 0) is 13.0 Å². The molecule has 0 aromatic carbocycles. The van der Waals surface area contributed by atoms with Crippen LogP contribution in [0.15, 0.2) is 12.3 Å². The summed E-state index contributed by atoms with van der Waals surface area (Å²) in [6.45, 7) is 1.32. The Balaban J connectivity index is 1.70. The molecule has 6 heteroatoms. The molecule has 0 atom stereocenters. The summed E-state index contributed by atoms with van der Waals surface area (Å²) in [5.41, 5.74) is 2.03. The van der Waals surface area contributed by atoms with Crippen LogP contribution >= 0.6 is 12.2 Å². The van der Waals surface area contributed by atoms with Crippen LogP contribution in [0.1, 0.15) is 53.7 Å². The highest BCUT2D eigenvalue weighted by Gasteiger charge is 2.25. The number of hydrogen-bond donors (Lipinski definition) is 2. The summed E-state index contributed by atoms with van der Waals surface area (Å²) in [6.07, 6.45) is 8.50. The second-order valence-electron chi connectivity index (χ2n) is 6.04. The Bertz CT molecular complexity index is 585. The molecule has 0 saturated heterocycles. The van der Waals surface area contributed by atoms with Crippen molar-refractivity contribution in [2.24, 2.45) is 0 Å². The van der Waals surface area contributed by atoms with E-state index in [0.717, 1.165) is 29.3 Å². The van der Waals surface area contributed by atoms with Crippen LogP contribution in [0, 0.1) is 0 Å². The molecule has 0 bridgehead atoms. The van der Waals surface area contributed by atoms with E-state index in [1.54, 1.807) is 12.3 Å². The number of carboxylic acid groups (broad SMARTS) is 1. The highest BCUT2D eigenvalue weighted by Crippen LogP contribution is 2.22. The Labute approximate surface area is 135 Å². The topological polar surface area (TPSA) is 65.5 Å². The van der Waals surface area contributed by atoms with E-state index < -0.39 is 5.97 Å². The van der Waals surface area contributed by atoms with Gasteiger partial charge >= 0.3 is 5.97 Å². The van der Waals surface area contributed by atoms with Crippen LogP contribution in [0.3, 0.4) is 0 Å². The maximum atomic E-state index is 11.4. The maximum Gasteiger partial charge on any atom is 0.336 e. The molecule has 1 aromatic rings. The van der Waals surface area contributed by atoms with Gasteiger partial charge < -0.3 is 15.3 Å². The van der Waals surface area contributed by atoms with E-state index >= 15 is 0 Å². The fourth-order valence-corrected chi connectivity index (χ4v) is 3.65. The third-order valence-corrected chi connectivity index (χ3v) is 4.94. The number of aromatic carboxylic acids is 1. The highest BCUT2D eigenvalue weighted by atomic mass is 32.1. The normalized spacial score (nSPS) is 18.6. The number of carboxylic acids is 1. The van der Waals surface area contributed by atoms with Gasteiger partial charge in [0, 0.05) is 43.0 Å². The lowest BCUT2D eigenvalue weighted by molar-refractivity contribution is 0.0694. The monoisotopic (exact) mass is 319 g/mol. The minimum atomic E-state index is -0.897. The third kappa shape index (κ3) is 3.21. The molecule has 118 valence electrons. The van der Waals surface area contributed by atoms with Crippen molar-refractivity contribution in [2.75, 3.05) is 6.54 Å². The van der Waals surface area contributed by atoms with Crippen LogP contribution in [0.4, 0.5) is 0 Å². The first-order valence-corrected chi connectivity index (χ1v) is 8.31. The summed E-state index contributed by atoms with van der Waals surface area (Å²) in [7, 11) is 0. The van der Waals surface area contributed by atoms with E-state index in [0.29, 0.717) is 18.2 Å². The third-order valence-electron chi connectivity index (χ3n) is 4.56.